The lowest BCUT2D eigenvalue weighted by Crippen LogP contribution is -2.70. The third-order valence-corrected chi connectivity index (χ3v) is 10.0. The Labute approximate surface area is 203 Å². The molecule has 0 heterocycles. The number of hydrogen-bond donors (Lipinski definition) is 1. The summed E-state index contributed by atoms with van der Waals surface area (Å²) in [4.78, 5) is 25.4. The number of allylic oxidation sites excluding steroid dienone is 5. The number of ether oxygens (including phenoxy) is 1. The lowest BCUT2D eigenvalue weighted by Gasteiger charge is -2.63. The Morgan fingerprint density at radius 2 is 2.00 bits per heavy atom. The molecule has 9 atom stereocenters. The van der Waals surface area contributed by atoms with E-state index in [-0.39, 0.29) is 18.4 Å². The number of carbonyl (C=O) groups is 2. The van der Waals surface area contributed by atoms with Gasteiger partial charge in [-0.15, -0.1) is 0 Å². The van der Waals surface area contributed by atoms with Gasteiger partial charge in [-0.05, 0) is 61.6 Å². The summed E-state index contributed by atoms with van der Waals surface area (Å²) in [6.45, 7) is 10.9. The average Bonchev–Trinajstić information content (AvgIpc) is 2.99. The fourth-order valence-corrected chi connectivity index (χ4v) is 8.46. The second-order valence-corrected chi connectivity index (χ2v) is 11.6. The molecular formula is C26H33F3O4S. The van der Waals surface area contributed by atoms with Crippen molar-refractivity contribution in [3.05, 3.63) is 36.1 Å². The van der Waals surface area contributed by atoms with Crippen LogP contribution in [0.4, 0.5) is 13.2 Å². The molecule has 4 aliphatic carbocycles. The third kappa shape index (κ3) is 3.03. The second kappa shape index (κ2) is 8.26. The Morgan fingerprint density at radius 3 is 2.62 bits per heavy atom. The first kappa shape index (κ1) is 25.5. The molecule has 0 radical (unpaired) electrons. The van der Waals surface area contributed by atoms with Crippen LogP contribution < -0.4 is 0 Å². The maximum absolute atomic E-state index is 17.3. The highest BCUT2D eigenvalue weighted by Crippen LogP contribution is 2.72. The minimum Gasteiger partial charge on any atom is -0.483 e. The van der Waals surface area contributed by atoms with Gasteiger partial charge in [0.1, 0.15) is 12.2 Å². The van der Waals surface area contributed by atoms with Crippen molar-refractivity contribution >= 4 is 22.7 Å². The molecule has 0 aliphatic heterocycles. The number of carbonyl (C=O) groups excluding carboxylic acids is 2. The molecule has 0 aromatic heterocycles. The summed E-state index contributed by atoms with van der Waals surface area (Å²) in [6.07, 6.45) is 1.13. The Balaban J connectivity index is 1.87. The average molecular weight is 499 g/mol. The van der Waals surface area contributed by atoms with E-state index in [1.807, 2.05) is 13.8 Å². The molecule has 0 saturated heterocycles. The molecule has 0 aromatic rings. The van der Waals surface area contributed by atoms with E-state index in [0.717, 1.165) is 6.08 Å². The molecule has 4 aliphatic rings. The first-order valence-electron chi connectivity index (χ1n) is 11.9. The topological polar surface area (TPSA) is 63.6 Å². The summed E-state index contributed by atoms with van der Waals surface area (Å²) in [7, 11) is 0. The molecular weight excluding hydrogens is 465 g/mol. The van der Waals surface area contributed by atoms with Gasteiger partial charge in [0.05, 0.1) is 11.9 Å². The van der Waals surface area contributed by atoms with Gasteiger partial charge in [-0.25, -0.2) is 13.2 Å². The lowest BCUT2D eigenvalue weighted by atomic mass is 9.44. The lowest BCUT2D eigenvalue weighted by molar-refractivity contribution is -0.223. The van der Waals surface area contributed by atoms with Gasteiger partial charge in [0.25, 0.3) is 0 Å². The zero-order valence-electron chi connectivity index (χ0n) is 20.1. The molecule has 0 amide bonds. The molecule has 0 aromatic carbocycles. The van der Waals surface area contributed by atoms with Crippen LogP contribution in [0.3, 0.4) is 0 Å². The van der Waals surface area contributed by atoms with E-state index in [1.165, 1.54) is 19.1 Å². The van der Waals surface area contributed by atoms with Crippen molar-refractivity contribution in [3.8, 4) is 0 Å². The molecule has 0 spiro atoms. The summed E-state index contributed by atoms with van der Waals surface area (Å²) in [6, 6.07) is -0.938. The van der Waals surface area contributed by atoms with Gasteiger partial charge in [-0.1, -0.05) is 33.4 Å². The van der Waals surface area contributed by atoms with Gasteiger partial charge in [0.2, 0.25) is 5.12 Å². The molecule has 1 N–H and O–H groups in total. The zero-order valence-corrected chi connectivity index (χ0v) is 20.9. The highest BCUT2D eigenvalue weighted by molar-refractivity contribution is 8.13. The first-order chi connectivity index (χ1) is 15.8. The Bertz CT molecular complexity index is 981. The first-order valence-corrected chi connectivity index (χ1v) is 12.9. The van der Waals surface area contributed by atoms with Crippen molar-refractivity contribution in [2.24, 2.45) is 28.6 Å². The molecule has 8 heteroatoms. The molecule has 4 nitrogen and oxygen atoms in total. The molecule has 34 heavy (non-hydrogen) atoms. The quantitative estimate of drug-likeness (QED) is 0.513. The Morgan fingerprint density at radius 1 is 1.32 bits per heavy atom. The number of halogens is 3. The summed E-state index contributed by atoms with van der Waals surface area (Å²) in [5.41, 5.74) is -6.28. The zero-order chi connectivity index (χ0) is 25.3. The number of aliphatic hydroxyl groups is 1. The van der Waals surface area contributed by atoms with Crippen LogP contribution in [0.25, 0.3) is 0 Å². The van der Waals surface area contributed by atoms with Crippen LogP contribution >= 0.6 is 11.8 Å². The smallest absolute Gasteiger partial charge is 0.235 e. The Hall–Kier alpha value is -1.54. The van der Waals surface area contributed by atoms with E-state index in [0.29, 0.717) is 30.4 Å². The fraction of sp³-hybridized carbons (Fsp3) is 0.692. The highest BCUT2D eigenvalue weighted by Gasteiger charge is 2.78. The number of aliphatic hydroxyl groups excluding tert-OH is 1. The van der Waals surface area contributed by atoms with E-state index in [1.54, 1.807) is 6.92 Å². The van der Waals surface area contributed by atoms with E-state index in [4.69, 9.17) is 4.74 Å². The second-order valence-electron chi connectivity index (χ2n) is 10.8. The van der Waals surface area contributed by atoms with Crippen molar-refractivity contribution in [3.63, 3.8) is 0 Å². The number of thioether (sulfide) groups is 1. The summed E-state index contributed by atoms with van der Waals surface area (Å²) < 4.78 is 52.4. The van der Waals surface area contributed by atoms with Crippen molar-refractivity contribution in [2.75, 3.05) is 6.01 Å². The van der Waals surface area contributed by atoms with E-state index in [2.05, 4.69) is 6.58 Å². The number of fused-ring (bicyclic) bond motifs is 5. The van der Waals surface area contributed by atoms with Gasteiger partial charge < -0.3 is 9.84 Å². The number of rotatable bonds is 5. The SMILES string of the molecule is C=C(CC)O[C@]1(C(=O)SCF)[C@@H](C)C[C@@H]2[C@@H]3C[C@@H](F)C4=CC(=O)C=C[C@]4(C)[C@]3(F)[C@@H](O)CC21C. The number of ketones is 1. The monoisotopic (exact) mass is 498 g/mol. The fourth-order valence-electron chi connectivity index (χ4n) is 7.67. The van der Waals surface area contributed by atoms with Crippen LogP contribution in [0.5, 0.6) is 0 Å². The van der Waals surface area contributed by atoms with Crippen molar-refractivity contribution in [2.45, 2.75) is 76.9 Å². The molecule has 188 valence electrons. The van der Waals surface area contributed by atoms with Gasteiger partial charge in [0, 0.05) is 29.1 Å². The van der Waals surface area contributed by atoms with Crippen molar-refractivity contribution in [1.29, 1.82) is 0 Å². The summed E-state index contributed by atoms with van der Waals surface area (Å²) in [5.74, 6) is -1.92. The van der Waals surface area contributed by atoms with Crippen LogP contribution in [0.1, 0.15) is 53.4 Å². The van der Waals surface area contributed by atoms with Gasteiger partial charge in [-0.2, -0.15) is 0 Å². The maximum Gasteiger partial charge on any atom is 0.235 e. The molecule has 4 rings (SSSR count). The van der Waals surface area contributed by atoms with E-state index >= 15 is 8.78 Å². The van der Waals surface area contributed by atoms with Crippen molar-refractivity contribution < 1.29 is 32.6 Å². The predicted octanol–water partition coefficient (Wildman–Crippen LogP) is 5.42. The van der Waals surface area contributed by atoms with Crippen molar-refractivity contribution in [1.82, 2.24) is 0 Å². The molecule has 0 bridgehead atoms. The third-order valence-electron chi connectivity index (χ3n) is 9.36. The number of alkyl halides is 3. The standard InChI is InChI=1S/C26H33F3O4S/c1-6-15(3)33-26(22(32)34-13-27)14(2)9-17-18-11-20(28)19-10-16(30)7-8-23(19,4)25(18,29)21(31)12-24(17,26)5/h7-8,10,14,17-18,20-21,31H,3,6,9,11-13H2,1-2,4-5H3/t14-,17+,18-,20+,21-,23-,24?,25+,26-/m0/s1. The van der Waals surface area contributed by atoms with Crippen LogP contribution in [-0.4, -0.2) is 45.6 Å². The molecule has 3 saturated carbocycles. The van der Waals surface area contributed by atoms with E-state index in [9.17, 15) is 19.1 Å². The van der Waals surface area contributed by atoms with Crippen LogP contribution in [0.2, 0.25) is 0 Å². The highest BCUT2D eigenvalue weighted by atomic mass is 32.2. The van der Waals surface area contributed by atoms with Crippen LogP contribution in [0, 0.1) is 28.6 Å². The largest absolute Gasteiger partial charge is 0.483 e. The van der Waals surface area contributed by atoms with Gasteiger partial charge in [-0.3, -0.25) is 9.59 Å². The van der Waals surface area contributed by atoms with Crippen LogP contribution in [0.15, 0.2) is 36.1 Å². The predicted molar refractivity (Wildman–Crippen MR) is 125 cm³/mol. The minimum atomic E-state index is -2.24. The van der Waals surface area contributed by atoms with Gasteiger partial charge in [0.15, 0.2) is 17.1 Å². The number of hydrogen-bond acceptors (Lipinski definition) is 5. The normalized spacial score (nSPS) is 47.4. The Kier molecular flexibility index (Phi) is 6.20. The maximum atomic E-state index is 17.3. The van der Waals surface area contributed by atoms with Crippen LogP contribution in [-0.2, 0) is 14.3 Å². The molecule has 3 fully saturated rings. The minimum absolute atomic E-state index is 0.0541. The van der Waals surface area contributed by atoms with Gasteiger partial charge >= 0.3 is 0 Å². The van der Waals surface area contributed by atoms with E-state index < -0.39 is 69.0 Å². The summed E-state index contributed by atoms with van der Waals surface area (Å²) in [5, 5.41) is 10.9. The molecule has 1 unspecified atom stereocenters. The summed E-state index contributed by atoms with van der Waals surface area (Å²) >= 11 is 0.507.